The number of aromatic hydroxyl groups is 1. The molecule has 2 unspecified atom stereocenters. The van der Waals surface area contributed by atoms with E-state index in [1.165, 1.54) is 24.3 Å². The molecule has 1 heterocycles. The number of benzene rings is 2. The highest BCUT2D eigenvalue weighted by molar-refractivity contribution is 7.85. The number of phenolic OH excluding ortho intramolecular Hbond substituents is 1. The van der Waals surface area contributed by atoms with E-state index in [1.54, 1.807) is 6.92 Å². The van der Waals surface area contributed by atoms with Crippen molar-refractivity contribution in [1.82, 2.24) is 4.90 Å². The van der Waals surface area contributed by atoms with Gasteiger partial charge in [-0.2, -0.15) is 21.6 Å². The summed E-state index contributed by atoms with van der Waals surface area (Å²) in [6.45, 7) is 2.60. The highest BCUT2D eigenvalue weighted by Crippen LogP contribution is 2.37. The Morgan fingerprint density at radius 3 is 2.00 bits per heavy atom. The summed E-state index contributed by atoms with van der Waals surface area (Å²) >= 11 is 0. The normalized spacial score (nSPS) is 18.5. The third-order valence-corrected chi connectivity index (χ3v) is 5.72. The van der Waals surface area contributed by atoms with Gasteiger partial charge in [0.25, 0.3) is 10.1 Å². The minimum atomic E-state index is -4.43. The van der Waals surface area contributed by atoms with E-state index in [9.17, 15) is 41.3 Å². The zero-order chi connectivity index (χ0) is 25.9. The summed E-state index contributed by atoms with van der Waals surface area (Å²) in [5.74, 6) is -1.31. The van der Waals surface area contributed by atoms with Crippen molar-refractivity contribution in [3.63, 3.8) is 0 Å². The van der Waals surface area contributed by atoms with Crippen molar-refractivity contribution in [2.45, 2.75) is 43.7 Å². The van der Waals surface area contributed by atoms with E-state index in [1.807, 2.05) is 4.90 Å². The third-order valence-electron chi connectivity index (χ3n) is 5.72. The molecule has 0 bridgehead atoms. The predicted molar refractivity (Wildman–Crippen MR) is 116 cm³/mol. The van der Waals surface area contributed by atoms with Crippen LogP contribution in [0.25, 0.3) is 0 Å². The van der Waals surface area contributed by atoms with Crippen molar-refractivity contribution >= 4 is 10.1 Å². The lowest BCUT2D eigenvalue weighted by atomic mass is 9.83. The monoisotopic (exact) mass is 509 g/mol. The molecule has 1 fully saturated rings. The first-order valence-electron chi connectivity index (χ1n) is 10.2. The summed E-state index contributed by atoms with van der Waals surface area (Å²) < 4.78 is 77.6. The van der Waals surface area contributed by atoms with E-state index in [0.717, 1.165) is 18.2 Å². The van der Waals surface area contributed by atoms with Gasteiger partial charge in [-0.1, -0.05) is 18.2 Å². The first-order chi connectivity index (χ1) is 15.5. The van der Waals surface area contributed by atoms with Crippen LogP contribution in [0.1, 0.15) is 42.6 Å². The highest BCUT2D eigenvalue weighted by atomic mass is 32.2. The van der Waals surface area contributed by atoms with Crippen LogP contribution in [-0.2, 0) is 21.9 Å². The van der Waals surface area contributed by atoms with Gasteiger partial charge in [-0.05, 0) is 55.2 Å². The van der Waals surface area contributed by atoms with Gasteiger partial charge in [0, 0.05) is 19.1 Å². The first kappa shape index (κ1) is 28.0. The number of alkyl halides is 3. The number of hydrogen-bond acceptors (Lipinski definition) is 6. The Morgan fingerprint density at radius 1 is 1.06 bits per heavy atom. The zero-order valence-electron chi connectivity index (χ0n) is 18.5. The van der Waals surface area contributed by atoms with Crippen LogP contribution in [0.2, 0.25) is 0 Å². The Morgan fingerprint density at radius 2 is 1.56 bits per heavy atom. The fourth-order valence-electron chi connectivity index (χ4n) is 3.74. The number of aliphatic hydroxyl groups is 2. The molecule has 0 aromatic heterocycles. The van der Waals surface area contributed by atoms with Crippen molar-refractivity contribution in [3.8, 4) is 5.75 Å². The van der Waals surface area contributed by atoms with Gasteiger partial charge < -0.3 is 15.3 Å². The summed E-state index contributed by atoms with van der Waals surface area (Å²) in [5.41, 5.74) is -1.24. The largest absolute Gasteiger partial charge is 0.505 e. The fraction of sp³-hybridized carbons (Fsp3) is 0.455. The molecule has 0 radical (unpaired) electrons. The number of aliphatic hydroxyl groups excluding tert-OH is 1. The maximum atomic E-state index is 13.6. The average Bonchev–Trinajstić information content (AvgIpc) is 2.73. The molecule has 2 atom stereocenters. The maximum Gasteiger partial charge on any atom is 0.416 e. The van der Waals surface area contributed by atoms with E-state index >= 15 is 0 Å². The van der Waals surface area contributed by atoms with Crippen LogP contribution < -0.4 is 0 Å². The van der Waals surface area contributed by atoms with Crippen LogP contribution in [0.3, 0.4) is 0 Å². The molecule has 0 aliphatic carbocycles. The molecule has 1 aliphatic rings. The molecule has 7 nitrogen and oxygen atoms in total. The second kappa shape index (κ2) is 10.6. The summed E-state index contributed by atoms with van der Waals surface area (Å²) in [5, 5.41) is 30.7. The lowest BCUT2D eigenvalue weighted by molar-refractivity contribution is -0.137. The fourth-order valence-corrected chi connectivity index (χ4v) is 3.74. The lowest BCUT2D eigenvalue weighted by Crippen LogP contribution is -2.47. The van der Waals surface area contributed by atoms with Gasteiger partial charge in [0.2, 0.25) is 0 Å². The molecule has 190 valence electrons. The third kappa shape index (κ3) is 7.64. The Kier molecular flexibility index (Phi) is 8.70. The van der Waals surface area contributed by atoms with Gasteiger partial charge in [-0.15, -0.1) is 0 Å². The Balaban J connectivity index is 0.000000739. The second-order valence-electron chi connectivity index (χ2n) is 8.27. The molecule has 34 heavy (non-hydrogen) atoms. The number of piperidine rings is 1. The van der Waals surface area contributed by atoms with E-state index in [2.05, 4.69) is 0 Å². The molecule has 12 heteroatoms. The molecule has 1 saturated heterocycles. The van der Waals surface area contributed by atoms with E-state index in [4.69, 9.17) is 4.55 Å². The van der Waals surface area contributed by atoms with Gasteiger partial charge >= 0.3 is 6.18 Å². The van der Waals surface area contributed by atoms with Crippen molar-refractivity contribution in [3.05, 3.63) is 65.0 Å². The Hall–Kier alpha value is -2.25. The van der Waals surface area contributed by atoms with E-state index in [0.29, 0.717) is 43.3 Å². The summed E-state index contributed by atoms with van der Waals surface area (Å²) in [6.07, 6.45) is -4.13. The van der Waals surface area contributed by atoms with Crippen LogP contribution in [0.15, 0.2) is 42.5 Å². The van der Waals surface area contributed by atoms with Crippen LogP contribution in [0.4, 0.5) is 17.6 Å². The lowest BCUT2D eigenvalue weighted by Gasteiger charge is -2.42. The van der Waals surface area contributed by atoms with Gasteiger partial charge in [-0.25, -0.2) is 4.39 Å². The van der Waals surface area contributed by atoms with Crippen LogP contribution in [0, 0.1) is 5.82 Å². The van der Waals surface area contributed by atoms with Crippen molar-refractivity contribution in [2.24, 2.45) is 0 Å². The molecule has 3 rings (SSSR count). The van der Waals surface area contributed by atoms with Crippen molar-refractivity contribution < 1.29 is 45.9 Å². The van der Waals surface area contributed by atoms with E-state index < -0.39 is 45.1 Å². The van der Waals surface area contributed by atoms with Crippen molar-refractivity contribution in [1.29, 1.82) is 0 Å². The minimum Gasteiger partial charge on any atom is -0.505 e. The van der Waals surface area contributed by atoms with Crippen LogP contribution >= 0.6 is 0 Å². The number of nitrogens with zero attached hydrogens (tertiary/aromatic N) is 1. The van der Waals surface area contributed by atoms with Crippen LogP contribution in [-0.4, -0.2) is 58.6 Å². The molecule has 0 saturated carbocycles. The summed E-state index contributed by atoms with van der Waals surface area (Å²) in [4.78, 5) is 1.94. The molecule has 2 aromatic rings. The zero-order valence-corrected chi connectivity index (χ0v) is 19.3. The standard InChI is InChI=1S/C21H23F4NO3.CH4O3S/c1-13(19(28)14-2-7-18(27)17(22)12-14)26-10-8-20(29,9-11-26)15-3-5-16(6-4-15)21(23,24)25;1-5(2,3)4/h2-7,12-13,19,27-29H,8-11H2,1H3;1H3,(H,2,3,4). The van der Waals surface area contributed by atoms with Gasteiger partial charge in [0.05, 0.1) is 23.5 Å². The number of halogens is 4. The number of hydrogen-bond donors (Lipinski definition) is 4. The minimum absolute atomic E-state index is 0.291. The quantitative estimate of drug-likeness (QED) is 0.368. The smallest absolute Gasteiger partial charge is 0.416 e. The van der Waals surface area contributed by atoms with Crippen LogP contribution in [0.5, 0.6) is 5.75 Å². The van der Waals surface area contributed by atoms with E-state index in [-0.39, 0.29) is 6.04 Å². The molecular formula is C22H27F4NO6S. The summed E-state index contributed by atoms with van der Waals surface area (Å²) in [7, 11) is -3.67. The second-order valence-corrected chi connectivity index (χ2v) is 9.74. The number of rotatable bonds is 4. The van der Waals surface area contributed by atoms with Gasteiger partial charge in [0.15, 0.2) is 11.6 Å². The SMILES string of the molecule is CC(C(O)c1ccc(O)c(F)c1)N1CCC(O)(c2ccc(C(F)(F)F)cc2)CC1.CS(=O)(=O)O. The highest BCUT2D eigenvalue weighted by Gasteiger charge is 2.38. The number of phenols is 1. The van der Waals surface area contributed by atoms with Gasteiger partial charge in [-0.3, -0.25) is 9.45 Å². The van der Waals surface area contributed by atoms with Crippen molar-refractivity contribution in [2.75, 3.05) is 19.3 Å². The van der Waals surface area contributed by atoms with Gasteiger partial charge in [0.1, 0.15) is 0 Å². The molecule has 4 N–H and O–H groups in total. The predicted octanol–water partition coefficient (Wildman–Crippen LogP) is 3.46. The summed E-state index contributed by atoms with van der Waals surface area (Å²) in [6, 6.07) is 7.86. The topological polar surface area (TPSA) is 118 Å². The molecule has 0 spiro atoms. The molecule has 2 aromatic carbocycles. The number of likely N-dealkylation sites (tertiary alicyclic amines) is 1. The Labute approximate surface area is 195 Å². The molecule has 0 amide bonds. The maximum absolute atomic E-state index is 13.6. The first-order valence-corrected chi connectivity index (χ1v) is 12.1. The molecule has 1 aliphatic heterocycles. The average molecular weight is 510 g/mol. The Bertz CT molecular complexity index is 1060. The molecular weight excluding hydrogens is 482 g/mol.